The van der Waals surface area contributed by atoms with Gasteiger partial charge >= 0.3 is 0 Å². The van der Waals surface area contributed by atoms with Crippen molar-refractivity contribution >= 4 is 0 Å². The van der Waals surface area contributed by atoms with Gasteiger partial charge in [0.1, 0.15) is 0 Å². The lowest BCUT2D eigenvalue weighted by atomic mass is 9.84. The molecule has 2 bridgehead atoms. The molecule has 1 aromatic heterocycles. The molecule has 2 aliphatic rings. The first-order chi connectivity index (χ1) is 9.62. The number of hydrogen-bond acceptors (Lipinski definition) is 3. The molecule has 0 spiro atoms. The van der Waals surface area contributed by atoms with Crippen molar-refractivity contribution in [1.29, 1.82) is 0 Å². The van der Waals surface area contributed by atoms with Crippen LogP contribution in [0.15, 0.2) is 12.3 Å². The molecule has 2 saturated heterocycles. The summed E-state index contributed by atoms with van der Waals surface area (Å²) in [5.41, 5.74) is 0.491. The fourth-order valence-corrected chi connectivity index (χ4v) is 4.04. The highest BCUT2D eigenvalue weighted by Gasteiger charge is 2.42. The minimum atomic E-state index is -0.551. The quantitative estimate of drug-likeness (QED) is 0.869. The number of fused-ring (bicyclic) bond motifs is 2. The third-order valence-corrected chi connectivity index (χ3v) is 5.08. The average molecular weight is 277 g/mol. The lowest BCUT2D eigenvalue weighted by Gasteiger charge is -2.36. The minimum Gasteiger partial charge on any atom is -0.389 e. The van der Waals surface area contributed by atoms with Crippen molar-refractivity contribution < 1.29 is 5.11 Å². The van der Waals surface area contributed by atoms with Crippen LogP contribution < -0.4 is 5.32 Å². The fourth-order valence-electron chi connectivity index (χ4n) is 4.04. The van der Waals surface area contributed by atoms with E-state index < -0.39 is 5.60 Å². The highest BCUT2D eigenvalue weighted by Crippen LogP contribution is 2.35. The van der Waals surface area contributed by atoms with Crippen LogP contribution in [0.2, 0.25) is 0 Å². The Morgan fingerprint density at radius 3 is 2.60 bits per heavy atom. The van der Waals surface area contributed by atoms with Gasteiger partial charge in [0.25, 0.3) is 0 Å². The fraction of sp³-hybridized carbons (Fsp3) is 0.812. The number of piperidine rings is 1. The van der Waals surface area contributed by atoms with E-state index in [1.54, 1.807) is 0 Å². The Labute approximate surface area is 121 Å². The predicted octanol–water partition coefficient (Wildman–Crippen LogP) is 2.43. The van der Waals surface area contributed by atoms with Crippen molar-refractivity contribution in [3.8, 4) is 0 Å². The van der Waals surface area contributed by atoms with E-state index in [1.165, 1.54) is 12.8 Å². The molecule has 4 heteroatoms. The summed E-state index contributed by atoms with van der Waals surface area (Å²) in [6.07, 6.45) is 9.18. The number of aromatic nitrogens is 2. The predicted molar refractivity (Wildman–Crippen MR) is 79.7 cm³/mol. The van der Waals surface area contributed by atoms with Crippen molar-refractivity contribution in [3.05, 3.63) is 18.0 Å². The summed E-state index contributed by atoms with van der Waals surface area (Å²) in [4.78, 5) is 0. The second-order valence-electron chi connectivity index (χ2n) is 6.70. The van der Waals surface area contributed by atoms with Crippen molar-refractivity contribution in [3.63, 3.8) is 0 Å². The Kier molecular flexibility index (Phi) is 3.87. The highest BCUT2D eigenvalue weighted by atomic mass is 16.3. The molecule has 0 radical (unpaired) electrons. The number of rotatable bonds is 5. The molecule has 3 heterocycles. The van der Waals surface area contributed by atoms with Gasteiger partial charge in [0.05, 0.1) is 17.3 Å². The number of nitrogens with one attached hydrogen (secondary N) is 1. The number of hydrogen-bond donors (Lipinski definition) is 2. The van der Waals surface area contributed by atoms with Crippen LogP contribution in [0.1, 0.15) is 64.1 Å². The van der Waals surface area contributed by atoms with E-state index in [1.807, 2.05) is 0 Å². The zero-order chi connectivity index (χ0) is 14.2. The lowest BCUT2D eigenvalue weighted by Crippen LogP contribution is -2.49. The summed E-state index contributed by atoms with van der Waals surface area (Å²) >= 11 is 0. The maximum Gasteiger partial charge on any atom is 0.0733 e. The number of nitrogens with zero attached hydrogens (tertiary/aromatic N) is 2. The highest BCUT2D eigenvalue weighted by molar-refractivity contribution is 5.09. The van der Waals surface area contributed by atoms with Gasteiger partial charge < -0.3 is 10.4 Å². The van der Waals surface area contributed by atoms with Gasteiger partial charge in [0.2, 0.25) is 0 Å². The molecular formula is C16H27N3O. The summed E-state index contributed by atoms with van der Waals surface area (Å²) in [5, 5.41) is 19.2. The minimum absolute atomic E-state index is 0.489. The molecule has 2 unspecified atom stereocenters. The molecule has 0 saturated carbocycles. The van der Waals surface area contributed by atoms with Crippen molar-refractivity contribution in [2.45, 2.75) is 82.5 Å². The van der Waals surface area contributed by atoms with Gasteiger partial charge in [-0.05, 0) is 44.6 Å². The van der Waals surface area contributed by atoms with Crippen molar-refractivity contribution in [2.75, 3.05) is 0 Å². The van der Waals surface area contributed by atoms with E-state index in [0.29, 0.717) is 24.5 Å². The van der Waals surface area contributed by atoms with Crippen LogP contribution in [-0.4, -0.2) is 32.6 Å². The topological polar surface area (TPSA) is 50.1 Å². The van der Waals surface area contributed by atoms with Crippen LogP contribution in [0.25, 0.3) is 0 Å². The average Bonchev–Trinajstić information content (AvgIpc) is 2.98. The standard InChI is InChI=1S/C16H27N3O/c1-3-15(4-2)19-8-7-14(18-19)11-16(20)9-12-5-6-13(10-16)17-12/h7-8,12-13,15,17,20H,3-6,9-11H2,1-2H3. The molecule has 20 heavy (non-hydrogen) atoms. The first-order valence-corrected chi connectivity index (χ1v) is 8.14. The van der Waals surface area contributed by atoms with Crippen molar-refractivity contribution in [2.24, 2.45) is 0 Å². The molecule has 0 amide bonds. The molecule has 2 aliphatic heterocycles. The van der Waals surface area contributed by atoms with Gasteiger partial charge in [-0.25, -0.2) is 0 Å². The van der Waals surface area contributed by atoms with E-state index in [-0.39, 0.29) is 0 Å². The Morgan fingerprint density at radius 2 is 2.00 bits per heavy atom. The normalized spacial score (nSPS) is 33.0. The molecule has 2 N–H and O–H groups in total. The van der Waals surface area contributed by atoms with Gasteiger partial charge in [-0.1, -0.05) is 13.8 Å². The number of aliphatic hydroxyl groups is 1. The molecule has 0 aliphatic carbocycles. The van der Waals surface area contributed by atoms with Crippen LogP contribution in [0.5, 0.6) is 0 Å². The van der Waals surface area contributed by atoms with Crippen LogP contribution >= 0.6 is 0 Å². The van der Waals surface area contributed by atoms with Crippen LogP contribution in [0.3, 0.4) is 0 Å². The third kappa shape index (κ3) is 2.77. The van der Waals surface area contributed by atoms with Gasteiger partial charge in [0, 0.05) is 24.7 Å². The first-order valence-electron chi connectivity index (χ1n) is 8.14. The molecule has 2 fully saturated rings. The third-order valence-electron chi connectivity index (χ3n) is 5.08. The van der Waals surface area contributed by atoms with E-state index in [2.05, 4.69) is 36.1 Å². The SMILES string of the molecule is CCC(CC)n1ccc(CC2(O)CC3CCC(C2)N3)n1. The molecular weight excluding hydrogens is 250 g/mol. The summed E-state index contributed by atoms with van der Waals surface area (Å²) in [6.45, 7) is 4.40. The lowest BCUT2D eigenvalue weighted by molar-refractivity contribution is -0.00700. The summed E-state index contributed by atoms with van der Waals surface area (Å²) in [7, 11) is 0. The van der Waals surface area contributed by atoms with E-state index in [4.69, 9.17) is 5.10 Å². The largest absolute Gasteiger partial charge is 0.389 e. The Bertz CT molecular complexity index is 440. The van der Waals surface area contributed by atoms with Crippen LogP contribution in [-0.2, 0) is 6.42 Å². The second kappa shape index (κ2) is 5.49. The Balaban J connectivity index is 1.68. The zero-order valence-electron chi connectivity index (χ0n) is 12.7. The maximum absolute atomic E-state index is 10.9. The molecule has 112 valence electrons. The van der Waals surface area contributed by atoms with Gasteiger partial charge in [-0.3, -0.25) is 4.68 Å². The maximum atomic E-state index is 10.9. The van der Waals surface area contributed by atoms with Gasteiger partial charge in [-0.2, -0.15) is 5.10 Å². The van der Waals surface area contributed by atoms with E-state index in [9.17, 15) is 5.11 Å². The van der Waals surface area contributed by atoms with Gasteiger partial charge in [-0.15, -0.1) is 0 Å². The molecule has 1 aromatic rings. The second-order valence-corrected chi connectivity index (χ2v) is 6.70. The summed E-state index contributed by atoms with van der Waals surface area (Å²) in [6, 6.07) is 3.60. The zero-order valence-corrected chi connectivity index (χ0v) is 12.7. The molecule has 0 aromatic carbocycles. The van der Waals surface area contributed by atoms with Crippen molar-refractivity contribution in [1.82, 2.24) is 15.1 Å². The summed E-state index contributed by atoms with van der Waals surface area (Å²) in [5.74, 6) is 0. The van der Waals surface area contributed by atoms with Crippen LogP contribution in [0, 0.1) is 0 Å². The van der Waals surface area contributed by atoms with Gasteiger partial charge in [0.15, 0.2) is 0 Å². The van der Waals surface area contributed by atoms with E-state index in [0.717, 1.165) is 31.4 Å². The molecule has 3 rings (SSSR count). The molecule has 4 nitrogen and oxygen atoms in total. The summed E-state index contributed by atoms with van der Waals surface area (Å²) < 4.78 is 2.08. The Hall–Kier alpha value is -0.870. The smallest absolute Gasteiger partial charge is 0.0733 e. The van der Waals surface area contributed by atoms with Crippen LogP contribution in [0.4, 0.5) is 0 Å². The monoisotopic (exact) mass is 277 g/mol. The Morgan fingerprint density at radius 1 is 1.35 bits per heavy atom. The first kappa shape index (κ1) is 14.1. The molecule has 2 atom stereocenters. The van der Waals surface area contributed by atoms with E-state index >= 15 is 0 Å².